The lowest BCUT2D eigenvalue weighted by Gasteiger charge is -2.43. The lowest BCUT2D eigenvalue weighted by atomic mass is 10.1. The largest absolute Gasteiger partial charge is 0.444 e. The van der Waals surface area contributed by atoms with Crippen LogP contribution in [0, 0.1) is 0 Å². The fraction of sp³-hybridized carbons (Fsp3) is 0.706. The molecule has 10 heteroatoms. The number of rotatable bonds is 3. The number of morpholine rings is 1. The predicted molar refractivity (Wildman–Crippen MR) is 92.3 cm³/mol. The average Bonchev–Trinajstić information content (AvgIpc) is 2.51. The van der Waals surface area contributed by atoms with Crippen LogP contribution in [0.3, 0.4) is 0 Å². The van der Waals surface area contributed by atoms with Crippen molar-refractivity contribution in [1.29, 1.82) is 0 Å². The Labute approximate surface area is 156 Å². The second kappa shape index (κ2) is 7.87. The Morgan fingerprint density at radius 2 is 1.96 bits per heavy atom. The highest BCUT2D eigenvalue weighted by molar-refractivity contribution is 5.69. The smallest absolute Gasteiger partial charge is 0.434 e. The number of nitrogens with zero attached hydrogens (tertiary/aromatic N) is 3. The molecule has 0 saturated carbocycles. The van der Waals surface area contributed by atoms with Crippen LogP contribution in [0.2, 0.25) is 0 Å². The Balaban J connectivity index is 2.07. The summed E-state index contributed by atoms with van der Waals surface area (Å²) in [4.78, 5) is 21.2. The molecule has 1 aliphatic rings. The lowest BCUT2D eigenvalue weighted by molar-refractivity contribution is -0.141. The molecule has 3 atom stereocenters. The van der Waals surface area contributed by atoms with Crippen molar-refractivity contribution >= 4 is 11.9 Å². The Bertz CT molecular complexity index is 646. The molecule has 0 radical (unpaired) electrons. The van der Waals surface area contributed by atoms with E-state index in [-0.39, 0.29) is 30.6 Å². The zero-order valence-corrected chi connectivity index (χ0v) is 16.0. The van der Waals surface area contributed by atoms with Crippen LogP contribution < -0.4 is 5.32 Å². The molecule has 1 aromatic rings. The molecule has 2 heterocycles. The number of nitrogens with one attached hydrogen (secondary N) is 1. The number of hydrogen-bond acceptors (Lipinski definition) is 6. The van der Waals surface area contributed by atoms with E-state index < -0.39 is 23.6 Å². The highest BCUT2D eigenvalue weighted by Gasteiger charge is 2.38. The normalized spacial score (nSPS) is 23.9. The van der Waals surface area contributed by atoms with E-state index in [1.807, 2.05) is 13.8 Å². The van der Waals surface area contributed by atoms with E-state index in [1.165, 1.54) is 0 Å². The maximum absolute atomic E-state index is 12.6. The Hall–Kier alpha value is -2.10. The third-order valence-corrected chi connectivity index (χ3v) is 3.91. The van der Waals surface area contributed by atoms with Gasteiger partial charge in [0.1, 0.15) is 11.4 Å². The van der Waals surface area contributed by atoms with Crippen LogP contribution in [0.1, 0.15) is 40.3 Å². The highest BCUT2D eigenvalue weighted by Crippen LogP contribution is 2.27. The number of carbonyl (C=O) groups excluding carboxylic acids is 1. The molecule has 1 amide bonds. The van der Waals surface area contributed by atoms with Crippen LogP contribution in [0.4, 0.5) is 23.8 Å². The molecular formula is C17H25F3N4O3. The molecular weight excluding hydrogens is 365 g/mol. The second-order valence-electron chi connectivity index (χ2n) is 7.52. The van der Waals surface area contributed by atoms with Crippen LogP contribution >= 0.6 is 0 Å². The van der Waals surface area contributed by atoms with Gasteiger partial charge < -0.3 is 14.8 Å². The van der Waals surface area contributed by atoms with E-state index >= 15 is 0 Å². The van der Waals surface area contributed by atoms with Gasteiger partial charge in [-0.25, -0.2) is 14.8 Å². The first-order valence-electron chi connectivity index (χ1n) is 8.65. The van der Waals surface area contributed by atoms with Crippen molar-refractivity contribution in [3.63, 3.8) is 0 Å². The molecule has 1 saturated heterocycles. The summed E-state index contributed by atoms with van der Waals surface area (Å²) < 4.78 is 48.9. The van der Waals surface area contributed by atoms with Crippen molar-refractivity contribution < 1.29 is 27.4 Å². The van der Waals surface area contributed by atoms with Gasteiger partial charge in [-0.1, -0.05) is 0 Å². The van der Waals surface area contributed by atoms with E-state index in [1.54, 1.807) is 25.7 Å². The number of amides is 1. The standard InChI is InChI=1S/C17H25F3N4O3/c1-10-9-24(15(25)27-16(3,4)5)12(11(2)26-10)6-22-14-8-21-13(7-23-14)17(18,19)20/h7-8,10-12H,6,9H2,1-5H3,(H,22,23)/t10-,11+,12-/m1/s1. The summed E-state index contributed by atoms with van der Waals surface area (Å²) in [5.41, 5.74) is -1.70. The van der Waals surface area contributed by atoms with Crippen molar-refractivity contribution in [3.05, 3.63) is 18.1 Å². The topological polar surface area (TPSA) is 76.6 Å². The van der Waals surface area contributed by atoms with Crippen LogP contribution in [0.5, 0.6) is 0 Å². The first kappa shape index (κ1) is 21.2. The molecule has 1 aromatic heterocycles. The van der Waals surface area contributed by atoms with E-state index in [0.29, 0.717) is 12.7 Å². The number of aromatic nitrogens is 2. The Morgan fingerprint density at radius 3 is 2.48 bits per heavy atom. The zero-order valence-electron chi connectivity index (χ0n) is 16.0. The third-order valence-electron chi connectivity index (χ3n) is 3.91. The average molecular weight is 390 g/mol. The summed E-state index contributed by atoms with van der Waals surface area (Å²) >= 11 is 0. The van der Waals surface area contributed by atoms with Crippen molar-refractivity contribution in [1.82, 2.24) is 14.9 Å². The predicted octanol–water partition coefficient (Wildman–Crippen LogP) is 3.32. The zero-order chi connectivity index (χ0) is 20.4. The first-order valence-corrected chi connectivity index (χ1v) is 8.65. The minimum atomic E-state index is -4.54. The molecule has 0 aromatic carbocycles. The van der Waals surface area contributed by atoms with E-state index in [2.05, 4.69) is 15.3 Å². The van der Waals surface area contributed by atoms with Gasteiger partial charge in [-0.15, -0.1) is 0 Å². The summed E-state index contributed by atoms with van der Waals surface area (Å²) in [6, 6.07) is -0.375. The molecule has 0 bridgehead atoms. The van der Waals surface area contributed by atoms with Gasteiger partial charge in [-0.2, -0.15) is 13.2 Å². The number of anilines is 1. The second-order valence-corrected chi connectivity index (χ2v) is 7.52. The van der Waals surface area contributed by atoms with Gasteiger partial charge in [-0.05, 0) is 34.6 Å². The number of hydrogen-bond donors (Lipinski definition) is 1. The van der Waals surface area contributed by atoms with Gasteiger partial charge in [0.05, 0.1) is 37.2 Å². The minimum Gasteiger partial charge on any atom is -0.444 e. The molecule has 1 aliphatic heterocycles. The van der Waals surface area contributed by atoms with Gasteiger partial charge in [0.15, 0.2) is 5.69 Å². The van der Waals surface area contributed by atoms with Crippen LogP contribution in [0.25, 0.3) is 0 Å². The quantitative estimate of drug-likeness (QED) is 0.853. The van der Waals surface area contributed by atoms with Crippen molar-refractivity contribution in [2.24, 2.45) is 0 Å². The van der Waals surface area contributed by atoms with Crippen molar-refractivity contribution in [3.8, 4) is 0 Å². The molecule has 0 spiro atoms. The van der Waals surface area contributed by atoms with Crippen molar-refractivity contribution in [2.75, 3.05) is 18.4 Å². The van der Waals surface area contributed by atoms with E-state index in [9.17, 15) is 18.0 Å². The molecule has 2 rings (SSSR count). The SMILES string of the molecule is C[C@@H]1CN(C(=O)OC(C)(C)C)[C@H](CNc2cnc(C(F)(F)F)cn2)[C@H](C)O1. The number of alkyl halides is 3. The summed E-state index contributed by atoms with van der Waals surface area (Å²) in [5.74, 6) is 0.179. The fourth-order valence-electron chi connectivity index (χ4n) is 2.75. The molecule has 27 heavy (non-hydrogen) atoms. The fourth-order valence-corrected chi connectivity index (χ4v) is 2.75. The minimum absolute atomic E-state index is 0.158. The number of halogens is 3. The van der Waals surface area contributed by atoms with Gasteiger partial charge in [0, 0.05) is 6.54 Å². The third kappa shape index (κ3) is 5.95. The molecule has 152 valence electrons. The highest BCUT2D eigenvalue weighted by atomic mass is 19.4. The van der Waals surface area contributed by atoms with Crippen LogP contribution in [-0.4, -0.2) is 57.9 Å². The van der Waals surface area contributed by atoms with E-state index in [0.717, 1.165) is 6.20 Å². The Morgan fingerprint density at radius 1 is 1.30 bits per heavy atom. The summed E-state index contributed by atoms with van der Waals surface area (Å²) in [7, 11) is 0. The summed E-state index contributed by atoms with van der Waals surface area (Å²) in [6.07, 6.45) is -3.78. The molecule has 0 unspecified atom stereocenters. The maximum Gasteiger partial charge on any atom is 0.434 e. The van der Waals surface area contributed by atoms with Gasteiger partial charge in [0.25, 0.3) is 0 Å². The number of ether oxygens (including phenoxy) is 2. The number of carbonyl (C=O) groups is 1. The summed E-state index contributed by atoms with van der Waals surface area (Å²) in [5, 5.41) is 2.92. The Kier molecular flexibility index (Phi) is 6.18. The van der Waals surface area contributed by atoms with Crippen molar-refractivity contribution in [2.45, 2.75) is 64.6 Å². The maximum atomic E-state index is 12.6. The molecule has 0 aliphatic carbocycles. The van der Waals surface area contributed by atoms with Gasteiger partial charge in [-0.3, -0.25) is 4.90 Å². The van der Waals surface area contributed by atoms with E-state index in [4.69, 9.17) is 9.47 Å². The van der Waals surface area contributed by atoms with Crippen LogP contribution in [-0.2, 0) is 15.7 Å². The molecule has 1 fully saturated rings. The van der Waals surface area contributed by atoms with Gasteiger partial charge >= 0.3 is 12.3 Å². The van der Waals surface area contributed by atoms with Gasteiger partial charge in [0.2, 0.25) is 0 Å². The lowest BCUT2D eigenvalue weighted by Crippen LogP contribution is -2.58. The van der Waals surface area contributed by atoms with Crippen LogP contribution in [0.15, 0.2) is 12.4 Å². The monoisotopic (exact) mass is 390 g/mol. The molecule has 7 nitrogen and oxygen atoms in total. The summed E-state index contributed by atoms with van der Waals surface area (Å²) in [6.45, 7) is 9.61. The first-order chi connectivity index (χ1) is 12.4. The molecule has 1 N–H and O–H groups in total.